The molecule has 5 heteroatoms. The Balaban J connectivity index is 1.47. The summed E-state index contributed by atoms with van der Waals surface area (Å²) in [7, 11) is 0. The van der Waals surface area contributed by atoms with E-state index in [1.165, 1.54) is 0 Å². The molecule has 28 heavy (non-hydrogen) atoms. The molecule has 2 heterocycles. The number of hydrogen-bond donors (Lipinski definition) is 2. The van der Waals surface area contributed by atoms with Crippen LogP contribution >= 0.6 is 0 Å². The number of aromatic nitrogens is 2. The van der Waals surface area contributed by atoms with Crippen molar-refractivity contribution in [3.8, 4) is 0 Å². The van der Waals surface area contributed by atoms with E-state index in [-0.39, 0.29) is 18.0 Å². The highest BCUT2D eigenvalue weighted by molar-refractivity contribution is 5.76. The number of rotatable bonds is 4. The first-order valence-electron chi connectivity index (χ1n) is 10.2. The zero-order valence-electron chi connectivity index (χ0n) is 16.6. The van der Waals surface area contributed by atoms with Crippen LogP contribution < -0.4 is 5.32 Å². The maximum absolute atomic E-state index is 13.0. The van der Waals surface area contributed by atoms with Gasteiger partial charge in [-0.25, -0.2) is 9.78 Å². The Labute approximate surface area is 166 Å². The fourth-order valence-electron chi connectivity index (χ4n) is 4.07. The third-order valence-electron chi connectivity index (χ3n) is 5.61. The monoisotopic (exact) mass is 376 g/mol. The second kappa shape index (κ2) is 8.05. The van der Waals surface area contributed by atoms with E-state index >= 15 is 0 Å². The number of piperidine rings is 1. The second-order valence-electron chi connectivity index (χ2n) is 8.01. The summed E-state index contributed by atoms with van der Waals surface area (Å²) in [4.78, 5) is 23.2. The first kappa shape index (κ1) is 18.5. The lowest BCUT2D eigenvalue weighted by Gasteiger charge is -2.34. The number of benzene rings is 2. The number of likely N-dealkylation sites (tertiary alicyclic amines) is 1. The molecule has 1 saturated heterocycles. The molecule has 1 aliphatic rings. The molecule has 4 rings (SSSR count). The van der Waals surface area contributed by atoms with Gasteiger partial charge in [0.15, 0.2) is 0 Å². The minimum Gasteiger partial charge on any atom is -0.342 e. The molecule has 2 atom stereocenters. The van der Waals surface area contributed by atoms with Crippen molar-refractivity contribution >= 4 is 17.1 Å². The van der Waals surface area contributed by atoms with Crippen molar-refractivity contribution in [2.45, 2.75) is 38.6 Å². The van der Waals surface area contributed by atoms with E-state index in [1.54, 1.807) is 0 Å². The number of carbonyl (C=O) groups is 1. The number of fused-ring (bicyclic) bond motifs is 1. The van der Waals surface area contributed by atoms with Crippen LogP contribution in [0.4, 0.5) is 4.79 Å². The van der Waals surface area contributed by atoms with Gasteiger partial charge >= 0.3 is 6.03 Å². The van der Waals surface area contributed by atoms with Crippen molar-refractivity contribution in [3.05, 3.63) is 66.0 Å². The molecule has 2 aromatic carbocycles. The molecule has 2 amide bonds. The molecule has 1 aliphatic heterocycles. The Kier molecular flexibility index (Phi) is 5.33. The molecule has 1 aromatic heterocycles. The molecule has 5 nitrogen and oxygen atoms in total. The quantitative estimate of drug-likeness (QED) is 0.684. The normalized spacial score (nSPS) is 18.4. The summed E-state index contributed by atoms with van der Waals surface area (Å²) in [6.07, 6.45) is 2.04. The smallest absolute Gasteiger partial charge is 0.317 e. The predicted molar refractivity (Wildman–Crippen MR) is 112 cm³/mol. The van der Waals surface area contributed by atoms with E-state index < -0.39 is 0 Å². The number of para-hydroxylation sites is 2. The predicted octanol–water partition coefficient (Wildman–Crippen LogP) is 4.85. The maximum Gasteiger partial charge on any atom is 0.317 e. The lowest BCUT2D eigenvalue weighted by molar-refractivity contribution is 0.171. The van der Waals surface area contributed by atoms with Gasteiger partial charge in [0, 0.05) is 19.0 Å². The number of amides is 2. The van der Waals surface area contributed by atoms with E-state index in [0.29, 0.717) is 12.5 Å². The van der Waals surface area contributed by atoms with E-state index in [1.807, 2.05) is 47.4 Å². The van der Waals surface area contributed by atoms with Crippen molar-refractivity contribution in [2.75, 3.05) is 13.1 Å². The van der Waals surface area contributed by atoms with E-state index in [4.69, 9.17) is 4.98 Å². The summed E-state index contributed by atoms with van der Waals surface area (Å²) in [5.41, 5.74) is 3.20. The van der Waals surface area contributed by atoms with Gasteiger partial charge in [-0.15, -0.1) is 0 Å². The number of urea groups is 1. The van der Waals surface area contributed by atoms with Crippen LogP contribution in [0.5, 0.6) is 0 Å². The summed E-state index contributed by atoms with van der Waals surface area (Å²) in [5.74, 6) is 1.56. The minimum atomic E-state index is 0.0141. The van der Waals surface area contributed by atoms with Gasteiger partial charge < -0.3 is 15.2 Å². The lowest BCUT2D eigenvalue weighted by atomic mass is 9.95. The van der Waals surface area contributed by atoms with E-state index in [9.17, 15) is 4.79 Å². The fourth-order valence-corrected chi connectivity index (χ4v) is 4.07. The Morgan fingerprint density at radius 1 is 1.14 bits per heavy atom. The third kappa shape index (κ3) is 3.88. The highest BCUT2D eigenvalue weighted by Gasteiger charge is 2.28. The molecule has 0 radical (unpaired) electrons. The van der Waals surface area contributed by atoms with Crippen LogP contribution in [-0.2, 0) is 0 Å². The highest BCUT2D eigenvalue weighted by atomic mass is 16.2. The van der Waals surface area contributed by atoms with Crippen molar-refractivity contribution < 1.29 is 4.79 Å². The van der Waals surface area contributed by atoms with Gasteiger partial charge in [0.2, 0.25) is 0 Å². The number of hydrogen-bond acceptors (Lipinski definition) is 2. The summed E-state index contributed by atoms with van der Waals surface area (Å²) >= 11 is 0. The van der Waals surface area contributed by atoms with Crippen LogP contribution in [0.25, 0.3) is 11.0 Å². The zero-order valence-corrected chi connectivity index (χ0v) is 16.6. The van der Waals surface area contributed by atoms with Gasteiger partial charge in [0.25, 0.3) is 0 Å². The van der Waals surface area contributed by atoms with Crippen molar-refractivity contribution in [1.82, 2.24) is 20.2 Å². The molecule has 0 bridgehead atoms. The van der Waals surface area contributed by atoms with Crippen LogP contribution in [0.1, 0.15) is 50.0 Å². The average molecular weight is 377 g/mol. The molecule has 0 unspecified atom stereocenters. The summed E-state index contributed by atoms with van der Waals surface area (Å²) in [6, 6.07) is 18.3. The van der Waals surface area contributed by atoms with Crippen LogP contribution in [0.2, 0.25) is 0 Å². The summed E-state index contributed by atoms with van der Waals surface area (Å²) in [5, 5.41) is 3.26. The standard InChI is InChI=1S/C23H28N4O/c1-16(2)21(17-9-4-3-5-10-17)26-23(28)27-14-8-11-18(15-27)22-24-19-12-6-7-13-20(19)25-22/h3-7,9-10,12-13,16,18,21H,8,11,14-15H2,1-2H3,(H,24,25)(H,26,28)/t18-,21+/m0/s1. The molecular weight excluding hydrogens is 348 g/mol. The number of carbonyl (C=O) groups excluding carboxylic acids is 1. The molecule has 2 N–H and O–H groups in total. The summed E-state index contributed by atoms with van der Waals surface area (Å²) < 4.78 is 0. The highest BCUT2D eigenvalue weighted by Crippen LogP contribution is 2.28. The molecule has 0 saturated carbocycles. The Morgan fingerprint density at radius 2 is 1.89 bits per heavy atom. The van der Waals surface area contributed by atoms with Gasteiger partial charge in [-0.2, -0.15) is 0 Å². The number of nitrogens with zero attached hydrogens (tertiary/aromatic N) is 2. The van der Waals surface area contributed by atoms with Crippen LogP contribution in [-0.4, -0.2) is 34.0 Å². The minimum absolute atomic E-state index is 0.0141. The van der Waals surface area contributed by atoms with Crippen LogP contribution in [0, 0.1) is 5.92 Å². The van der Waals surface area contributed by atoms with Crippen molar-refractivity contribution in [3.63, 3.8) is 0 Å². The number of nitrogens with one attached hydrogen (secondary N) is 2. The SMILES string of the molecule is CC(C)[C@@H](NC(=O)N1CCC[C@H](c2nc3ccccc3[nH]2)C1)c1ccccc1. The molecular formula is C23H28N4O. The van der Waals surface area contributed by atoms with Crippen LogP contribution in [0.3, 0.4) is 0 Å². The lowest BCUT2D eigenvalue weighted by Crippen LogP contribution is -2.47. The average Bonchev–Trinajstić information content (AvgIpc) is 3.17. The number of aromatic amines is 1. The van der Waals surface area contributed by atoms with Gasteiger partial charge in [0.1, 0.15) is 5.82 Å². The second-order valence-corrected chi connectivity index (χ2v) is 8.01. The van der Waals surface area contributed by atoms with Crippen molar-refractivity contribution in [1.29, 1.82) is 0 Å². The maximum atomic E-state index is 13.0. The molecule has 146 valence electrons. The molecule has 3 aromatic rings. The fraction of sp³-hybridized carbons (Fsp3) is 0.391. The number of H-pyrrole nitrogens is 1. The van der Waals surface area contributed by atoms with Gasteiger partial charge in [-0.05, 0) is 36.5 Å². The van der Waals surface area contributed by atoms with Crippen LogP contribution in [0.15, 0.2) is 54.6 Å². The van der Waals surface area contributed by atoms with E-state index in [0.717, 1.165) is 41.8 Å². The van der Waals surface area contributed by atoms with Gasteiger partial charge in [0.05, 0.1) is 17.1 Å². The van der Waals surface area contributed by atoms with Crippen molar-refractivity contribution in [2.24, 2.45) is 5.92 Å². The zero-order chi connectivity index (χ0) is 19.5. The van der Waals surface area contributed by atoms with Gasteiger partial charge in [-0.3, -0.25) is 0 Å². The molecule has 1 fully saturated rings. The first-order chi connectivity index (χ1) is 13.6. The topological polar surface area (TPSA) is 61.0 Å². The third-order valence-corrected chi connectivity index (χ3v) is 5.61. The Hall–Kier alpha value is -2.82. The largest absolute Gasteiger partial charge is 0.342 e. The van der Waals surface area contributed by atoms with Gasteiger partial charge in [-0.1, -0.05) is 56.3 Å². The molecule has 0 aliphatic carbocycles. The van der Waals surface area contributed by atoms with E-state index in [2.05, 4.69) is 36.3 Å². The number of imidazole rings is 1. The molecule has 0 spiro atoms. The summed E-state index contributed by atoms with van der Waals surface area (Å²) in [6.45, 7) is 5.78. The first-order valence-corrected chi connectivity index (χ1v) is 10.2. The Morgan fingerprint density at radius 3 is 2.64 bits per heavy atom. The Bertz CT molecular complexity index is 901.